The van der Waals surface area contributed by atoms with Gasteiger partial charge in [0.2, 0.25) is 0 Å². The molecule has 1 heterocycles. The van der Waals surface area contributed by atoms with Crippen LogP contribution in [0.3, 0.4) is 0 Å². The van der Waals surface area contributed by atoms with Gasteiger partial charge in [0.1, 0.15) is 24.9 Å². The van der Waals surface area contributed by atoms with Gasteiger partial charge in [-0.3, -0.25) is 5.43 Å². The van der Waals surface area contributed by atoms with Crippen LogP contribution < -0.4 is 5.43 Å². The summed E-state index contributed by atoms with van der Waals surface area (Å²) in [5, 5.41) is 4.01. The molecule has 0 saturated carbocycles. The fourth-order valence-electron chi connectivity index (χ4n) is 1.28. The van der Waals surface area contributed by atoms with E-state index in [1.54, 1.807) is 6.26 Å². The molecule has 1 aliphatic rings. The van der Waals surface area contributed by atoms with Crippen LogP contribution in [0.5, 0.6) is 0 Å². The minimum Gasteiger partial charge on any atom is -0.494 e. The summed E-state index contributed by atoms with van der Waals surface area (Å²) in [6.45, 7) is 2.42. The minimum absolute atomic E-state index is 0.542. The molecule has 4 nitrogen and oxygen atoms in total. The molecule has 0 saturated heterocycles. The number of rotatable bonds is 3. The third-order valence-corrected chi connectivity index (χ3v) is 2.15. The van der Waals surface area contributed by atoms with Crippen molar-refractivity contribution in [3.8, 4) is 0 Å². The molecular weight excluding hydrogens is 202 g/mol. The average molecular weight is 215 g/mol. The van der Waals surface area contributed by atoms with Crippen molar-refractivity contribution in [2.75, 3.05) is 0 Å². The van der Waals surface area contributed by atoms with E-state index in [9.17, 15) is 0 Å². The number of hydrazone groups is 1. The summed E-state index contributed by atoms with van der Waals surface area (Å²) in [7, 11) is 0. The van der Waals surface area contributed by atoms with E-state index < -0.39 is 0 Å². The molecule has 0 spiro atoms. The standard InChI is InChI=1S/C12H13N3O/c1-10-12(13-9-14-15-10)8-16-7-11-5-3-2-4-6-11/h2-6,8-9H,7H2,1H3,(H,13,14). The fraction of sp³-hybridized carbons (Fsp3) is 0.167. The first-order chi connectivity index (χ1) is 7.86. The minimum atomic E-state index is 0.542. The first-order valence-corrected chi connectivity index (χ1v) is 5.04. The predicted molar refractivity (Wildman–Crippen MR) is 64.1 cm³/mol. The van der Waals surface area contributed by atoms with Gasteiger partial charge in [0, 0.05) is 0 Å². The van der Waals surface area contributed by atoms with Crippen LogP contribution in [-0.4, -0.2) is 12.1 Å². The number of aliphatic imine (C=N–C) groups is 1. The van der Waals surface area contributed by atoms with Crippen LogP contribution in [0.2, 0.25) is 0 Å². The van der Waals surface area contributed by atoms with E-state index in [0.29, 0.717) is 6.61 Å². The van der Waals surface area contributed by atoms with Crippen molar-refractivity contribution in [2.45, 2.75) is 13.5 Å². The number of allylic oxidation sites excluding steroid dienone is 1. The molecule has 0 aliphatic carbocycles. The summed E-state index contributed by atoms with van der Waals surface area (Å²) in [6, 6.07) is 9.99. The first kappa shape index (κ1) is 10.4. The Morgan fingerprint density at radius 1 is 1.31 bits per heavy atom. The maximum Gasteiger partial charge on any atom is 0.122 e. The number of hydrogen-bond acceptors (Lipinski definition) is 4. The molecule has 0 fully saturated rings. The van der Waals surface area contributed by atoms with E-state index in [-0.39, 0.29) is 0 Å². The summed E-state index contributed by atoms with van der Waals surface area (Å²) in [6.07, 6.45) is 3.16. The largest absolute Gasteiger partial charge is 0.494 e. The molecule has 0 bridgehead atoms. The van der Waals surface area contributed by atoms with Crippen molar-refractivity contribution in [1.82, 2.24) is 5.43 Å². The van der Waals surface area contributed by atoms with E-state index in [1.165, 1.54) is 6.34 Å². The summed E-state index contributed by atoms with van der Waals surface area (Å²) in [4.78, 5) is 4.11. The van der Waals surface area contributed by atoms with Crippen LogP contribution in [0.1, 0.15) is 12.5 Å². The lowest BCUT2D eigenvalue weighted by atomic mass is 10.2. The third kappa shape index (κ3) is 2.70. The van der Waals surface area contributed by atoms with Crippen molar-refractivity contribution in [1.29, 1.82) is 0 Å². The molecule has 1 aromatic carbocycles. The molecule has 82 valence electrons. The highest BCUT2D eigenvalue weighted by molar-refractivity contribution is 6.00. The Morgan fingerprint density at radius 3 is 2.88 bits per heavy atom. The third-order valence-electron chi connectivity index (χ3n) is 2.15. The van der Waals surface area contributed by atoms with E-state index in [4.69, 9.17) is 4.74 Å². The Labute approximate surface area is 94.3 Å². The summed E-state index contributed by atoms with van der Waals surface area (Å²) >= 11 is 0. The summed E-state index contributed by atoms with van der Waals surface area (Å²) in [5.41, 5.74) is 5.36. The number of nitrogens with zero attached hydrogens (tertiary/aromatic N) is 2. The van der Waals surface area contributed by atoms with Gasteiger partial charge in [-0.25, -0.2) is 4.99 Å². The zero-order chi connectivity index (χ0) is 11.2. The van der Waals surface area contributed by atoms with Crippen LogP contribution in [0.4, 0.5) is 0 Å². The molecule has 0 unspecified atom stereocenters. The first-order valence-electron chi connectivity index (χ1n) is 5.04. The SMILES string of the molecule is CC1=NNC=NC1=COCc1ccccc1. The molecule has 16 heavy (non-hydrogen) atoms. The number of nitrogens with one attached hydrogen (secondary N) is 1. The van der Waals surface area contributed by atoms with Gasteiger partial charge in [0.15, 0.2) is 0 Å². The van der Waals surface area contributed by atoms with Crippen molar-refractivity contribution in [3.05, 3.63) is 47.9 Å². The van der Waals surface area contributed by atoms with Crippen LogP contribution in [0, 0.1) is 0 Å². The molecular formula is C12H13N3O. The lowest BCUT2D eigenvalue weighted by Crippen LogP contribution is -2.13. The van der Waals surface area contributed by atoms with Gasteiger partial charge in [-0.05, 0) is 12.5 Å². The Morgan fingerprint density at radius 2 is 2.12 bits per heavy atom. The molecule has 0 aromatic heterocycles. The van der Waals surface area contributed by atoms with Crippen molar-refractivity contribution >= 4 is 12.1 Å². The Kier molecular flexibility index (Phi) is 3.33. The van der Waals surface area contributed by atoms with Crippen LogP contribution in [0.15, 0.2) is 52.4 Å². The van der Waals surface area contributed by atoms with Crippen molar-refractivity contribution < 1.29 is 4.74 Å². The van der Waals surface area contributed by atoms with Gasteiger partial charge in [0.25, 0.3) is 0 Å². The van der Waals surface area contributed by atoms with E-state index >= 15 is 0 Å². The molecule has 2 rings (SSSR count). The van der Waals surface area contributed by atoms with Crippen molar-refractivity contribution in [3.63, 3.8) is 0 Å². The van der Waals surface area contributed by atoms with Gasteiger partial charge in [0.05, 0.1) is 5.71 Å². The monoisotopic (exact) mass is 215 g/mol. The zero-order valence-electron chi connectivity index (χ0n) is 9.05. The highest BCUT2D eigenvalue weighted by Gasteiger charge is 2.03. The normalized spacial score (nSPS) is 16.8. The molecule has 1 N–H and O–H groups in total. The van der Waals surface area contributed by atoms with Crippen LogP contribution in [-0.2, 0) is 11.3 Å². The van der Waals surface area contributed by atoms with Crippen LogP contribution >= 0.6 is 0 Å². The topological polar surface area (TPSA) is 46.0 Å². The quantitative estimate of drug-likeness (QED) is 0.784. The second kappa shape index (κ2) is 5.11. The Hall–Kier alpha value is -2.10. The smallest absolute Gasteiger partial charge is 0.122 e. The van der Waals surface area contributed by atoms with Crippen LogP contribution in [0.25, 0.3) is 0 Å². The highest BCUT2D eigenvalue weighted by Crippen LogP contribution is 2.05. The van der Waals surface area contributed by atoms with Crippen molar-refractivity contribution in [2.24, 2.45) is 10.1 Å². The molecule has 1 aromatic rings. The molecule has 1 aliphatic heterocycles. The van der Waals surface area contributed by atoms with Gasteiger partial charge in [-0.2, -0.15) is 5.10 Å². The predicted octanol–water partition coefficient (Wildman–Crippen LogP) is 2.05. The maximum absolute atomic E-state index is 5.45. The van der Waals surface area contributed by atoms with Gasteiger partial charge in [-0.15, -0.1) is 0 Å². The Balaban J connectivity index is 1.92. The van der Waals surface area contributed by atoms with E-state index in [2.05, 4.69) is 15.5 Å². The lowest BCUT2D eigenvalue weighted by Gasteiger charge is -2.07. The van der Waals surface area contributed by atoms with Gasteiger partial charge < -0.3 is 4.74 Å². The lowest BCUT2D eigenvalue weighted by molar-refractivity contribution is 0.234. The number of ether oxygens (including phenoxy) is 1. The Bertz CT molecular complexity index is 435. The second-order valence-corrected chi connectivity index (χ2v) is 3.38. The summed E-state index contributed by atoms with van der Waals surface area (Å²) in [5.74, 6) is 0. The number of benzene rings is 1. The number of hydrogen-bond donors (Lipinski definition) is 1. The summed E-state index contributed by atoms with van der Waals surface area (Å²) < 4.78 is 5.45. The average Bonchev–Trinajstić information content (AvgIpc) is 2.33. The molecule has 0 atom stereocenters. The maximum atomic E-state index is 5.45. The fourth-order valence-corrected chi connectivity index (χ4v) is 1.28. The van der Waals surface area contributed by atoms with E-state index in [0.717, 1.165) is 17.0 Å². The van der Waals surface area contributed by atoms with E-state index in [1.807, 2.05) is 37.3 Å². The second-order valence-electron chi connectivity index (χ2n) is 3.38. The highest BCUT2D eigenvalue weighted by atomic mass is 16.5. The molecule has 0 radical (unpaired) electrons. The zero-order valence-corrected chi connectivity index (χ0v) is 9.05. The molecule has 0 amide bonds. The van der Waals surface area contributed by atoms with Gasteiger partial charge >= 0.3 is 0 Å². The molecule has 4 heteroatoms. The van der Waals surface area contributed by atoms with Gasteiger partial charge in [-0.1, -0.05) is 30.3 Å².